The molecule has 1 aliphatic heterocycles. The minimum absolute atomic E-state index is 0.0263. The van der Waals surface area contributed by atoms with E-state index in [4.69, 9.17) is 11.6 Å². The molecule has 2 aromatic rings. The molecule has 27 heavy (non-hydrogen) atoms. The smallest absolute Gasteiger partial charge is 0.253 e. The Kier molecular flexibility index (Phi) is 7.13. The molecule has 1 N–H and O–H groups in total. The third-order valence-electron chi connectivity index (χ3n) is 4.80. The Morgan fingerprint density at radius 1 is 1.11 bits per heavy atom. The van der Waals surface area contributed by atoms with Crippen LogP contribution in [0.25, 0.3) is 0 Å². The number of benzene rings is 2. The van der Waals surface area contributed by atoms with Gasteiger partial charge in [-0.2, -0.15) is 0 Å². The first-order valence-electron chi connectivity index (χ1n) is 9.10. The van der Waals surface area contributed by atoms with Crippen molar-refractivity contribution in [3.05, 3.63) is 68.3 Å². The minimum Gasteiger partial charge on any atom is -0.353 e. The molecule has 0 radical (unpaired) electrons. The summed E-state index contributed by atoms with van der Waals surface area (Å²) in [7, 11) is 0. The van der Waals surface area contributed by atoms with E-state index in [1.54, 1.807) is 12.1 Å². The number of hydrogen-bond acceptors (Lipinski definition) is 2. The fourth-order valence-corrected chi connectivity index (χ4v) is 3.87. The Hall–Kier alpha value is -1.60. The lowest BCUT2D eigenvalue weighted by Crippen LogP contribution is -2.46. The van der Waals surface area contributed by atoms with Crippen LogP contribution in [0.15, 0.2) is 48.5 Å². The second-order valence-corrected chi connectivity index (χ2v) is 8.32. The molecule has 1 saturated heterocycles. The molecule has 2 amide bonds. The molecule has 0 spiro atoms. The summed E-state index contributed by atoms with van der Waals surface area (Å²) < 4.78 is 0.876. The van der Waals surface area contributed by atoms with Gasteiger partial charge in [0.25, 0.3) is 5.91 Å². The van der Waals surface area contributed by atoms with Gasteiger partial charge in [0.15, 0.2) is 0 Å². The number of piperidine rings is 1. The standard InChI is InChI=1S/C21H22ClIN2O2/c22-18-8-7-16(14-19(18)23)21(27)25-12-10-17(11-13-25)24-20(26)9-6-15-4-2-1-3-5-15/h1-5,7-8,14,17H,6,9-13H2,(H,24,26). The number of carbonyl (C=O) groups is 2. The number of hydrogen-bond donors (Lipinski definition) is 1. The van der Waals surface area contributed by atoms with E-state index < -0.39 is 0 Å². The molecule has 0 unspecified atom stereocenters. The predicted molar refractivity (Wildman–Crippen MR) is 116 cm³/mol. The largest absolute Gasteiger partial charge is 0.353 e. The molecular formula is C21H22ClIN2O2. The lowest BCUT2D eigenvalue weighted by Gasteiger charge is -2.32. The molecule has 0 aliphatic carbocycles. The highest BCUT2D eigenvalue weighted by Crippen LogP contribution is 2.21. The first-order chi connectivity index (χ1) is 13.0. The highest BCUT2D eigenvalue weighted by molar-refractivity contribution is 14.1. The van der Waals surface area contributed by atoms with Gasteiger partial charge in [-0.15, -0.1) is 0 Å². The third-order valence-corrected chi connectivity index (χ3v) is 6.34. The van der Waals surface area contributed by atoms with Gasteiger partial charge >= 0.3 is 0 Å². The summed E-state index contributed by atoms with van der Waals surface area (Å²) in [6, 6.07) is 15.5. The molecular weight excluding hydrogens is 475 g/mol. The number of amides is 2. The Morgan fingerprint density at radius 2 is 1.81 bits per heavy atom. The Labute approximate surface area is 178 Å². The van der Waals surface area contributed by atoms with E-state index in [1.165, 1.54) is 5.56 Å². The molecule has 3 rings (SSSR count). The van der Waals surface area contributed by atoms with Crippen LogP contribution in [0.5, 0.6) is 0 Å². The maximum Gasteiger partial charge on any atom is 0.253 e. The van der Waals surface area contributed by atoms with Crippen molar-refractivity contribution in [3.63, 3.8) is 0 Å². The second-order valence-electron chi connectivity index (χ2n) is 6.75. The monoisotopic (exact) mass is 496 g/mol. The van der Waals surface area contributed by atoms with E-state index in [1.807, 2.05) is 41.3 Å². The molecule has 2 aromatic carbocycles. The fourth-order valence-electron chi connectivity index (χ4n) is 3.24. The number of carbonyl (C=O) groups excluding carboxylic acids is 2. The molecule has 0 bridgehead atoms. The minimum atomic E-state index is 0.0263. The summed E-state index contributed by atoms with van der Waals surface area (Å²) in [5.41, 5.74) is 1.83. The van der Waals surface area contributed by atoms with Gasteiger partial charge in [-0.3, -0.25) is 9.59 Å². The molecule has 0 atom stereocenters. The number of nitrogens with zero attached hydrogens (tertiary/aromatic N) is 1. The van der Waals surface area contributed by atoms with Crippen molar-refractivity contribution < 1.29 is 9.59 Å². The van der Waals surface area contributed by atoms with Crippen molar-refractivity contribution in [2.24, 2.45) is 0 Å². The zero-order valence-electron chi connectivity index (χ0n) is 15.0. The zero-order chi connectivity index (χ0) is 19.2. The van der Waals surface area contributed by atoms with Gasteiger partial charge in [-0.25, -0.2) is 0 Å². The summed E-state index contributed by atoms with van der Waals surface area (Å²) >= 11 is 8.16. The number of aryl methyl sites for hydroxylation is 1. The quantitative estimate of drug-likeness (QED) is 0.628. The van der Waals surface area contributed by atoms with Crippen LogP contribution in [-0.2, 0) is 11.2 Å². The van der Waals surface area contributed by atoms with Gasteiger partial charge in [0.1, 0.15) is 0 Å². The normalized spacial score (nSPS) is 14.8. The van der Waals surface area contributed by atoms with Crippen LogP contribution in [0, 0.1) is 3.57 Å². The van der Waals surface area contributed by atoms with Crippen LogP contribution in [0.3, 0.4) is 0 Å². The van der Waals surface area contributed by atoms with Crippen LogP contribution in [-0.4, -0.2) is 35.8 Å². The third kappa shape index (κ3) is 5.69. The highest BCUT2D eigenvalue weighted by atomic mass is 127. The van der Waals surface area contributed by atoms with E-state index in [0.29, 0.717) is 30.1 Å². The molecule has 1 fully saturated rings. The molecule has 1 aliphatic rings. The summed E-state index contributed by atoms with van der Waals surface area (Å²) in [6.45, 7) is 1.31. The average Bonchev–Trinajstić information content (AvgIpc) is 2.69. The van der Waals surface area contributed by atoms with Crippen LogP contribution in [0.4, 0.5) is 0 Å². The van der Waals surface area contributed by atoms with Gasteiger partial charge < -0.3 is 10.2 Å². The lowest BCUT2D eigenvalue weighted by molar-refractivity contribution is -0.122. The second kappa shape index (κ2) is 9.55. The van der Waals surface area contributed by atoms with E-state index in [9.17, 15) is 9.59 Å². The van der Waals surface area contributed by atoms with Crippen molar-refractivity contribution in [1.29, 1.82) is 0 Å². The Balaban J connectivity index is 1.45. The molecule has 0 saturated carbocycles. The first-order valence-corrected chi connectivity index (χ1v) is 10.6. The van der Waals surface area contributed by atoms with Gasteiger partial charge in [0, 0.05) is 34.7 Å². The maximum absolute atomic E-state index is 12.6. The van der Waals surface area contributed by atoms with Crippen molar-refractivity contribution in [2.75, 3.05) is 13.1 Å². The average molecular weight is 497 g/mol. The molecule has 1 heterocycles. The molecule has 142 valence electrons. The maximum atomic E-state index is 12.6. The lowest BCUT2D eigenvalue weighted by atomic mass is 10.0. The Bertz CT molecular complexity index is 805. The zero-order valence-corrected chi connectivity index (χ0v) is 17.9. The molecule has 6 heteroatoms. The number of likely N-dealkylation sites (tertiary alicyclic amines) is 1. The van der Waals surface area contributed by atoms with Crippen LogP contribution < -0.4 is 5.32 Å². The molecule has 4 nitrogen and oxygen atoms in total. The van der Waals surface area contributed by atoms with Crippen molar-refractivity contribution >= 4 is 46.0 Å². The topological polar surface area (TPSA) is 49.4 Å². The first kappa shape index (κ1) is 20.1. The van der Waals surface area contributed by atoms with E-state index in [0.717, 1.165) is 22.8 Å². The van der Waals surface area contributed by atoms with Gasteiger partial charge in [0.2, 0.25) is 5.91 Å². The molecule has 0 aromatic heterocycles. The number of halogens is 2. The number of nitrogens with one attached hydrogen (secondary N) is 1. The SMILES string of the molecule is O=C(CCc1ccccc1)NC1CCN(C(=O)c2ccc(Cl)c(I)c2)CC1. The van der Waals surface area contributed by atoms with Crippen molar-refractivity contribution in [2.45, 2.75) is 31.7 Å². The van der Waals surface area contributed by atoms with E-state index in [2.05, 4.69) is 27.9 Å². The van der Waals surface area contributed by atoms with Gasteiger partial charge in [-0.1, -0.05) is 41.9 Å². The van der Waals surface area contributed by atoms with Crippen LogP contribution in [0.2, 0.25) is 5.02 Å². The summed E-state index contributed by atoms with van der Waals surface area (Å²) in [4.78, 5) is 26.7. The number of rotatable bonds is 5. The van der Waals surface area contributed by atoms with Gasteiger partial charge in [0.05, 0.1) is 5.02 Å². The highest BCUT2D eigenvalue weighted by Gasteiger charge is 2.24. The Morgan fingerprint density at radius 3 is 2.48 bits per heavy atom. The van der Waals surface area contributed by atoms with Crippen molar-refractivity contribution in [3.8, 4) is 0 Å². The van der Waals surface area contributed by atoms with Crippen LogP contribution >= 0.6 is 34.2 Å². The van der Waals surface area contributed by atoms with E-state index in [-0.39, 0.29) is 17.9 Å². The van der Waals surface area contributed by atoms with Gasteiger partial charge in [-0.05, 0) is 65.6 Å². The summed E-state index contributed by atoms with van der Waals surface area (Å²) in [5.74, 6) is 0.106. The summed E-state index contributed by atoms with van der Waals surface area (Å²) in [6.07, 6.45) is 2.81. The van der Waals surface area contributed by atoms with Crippen molar-refractivity contribution in [1.82, 2.24) is 10.2 Å². The van der Waals surface area contributed by atoms with E-state index >= 15 is 0 Å². The fraction of sp³-hybridized carbons (Fsp3) is 0.333. The predicted octanol–water partition coefficient (Wildman–Crippen LogP) is 4.30. The van der Waals surface area contributed by atoms with Crippen LogP contribution in [0.1, 0.15) is 35.2 Å². The summed E-state index contributed by atoms with van der Waals surface area (Å²) in [5, 5.41) is 3.77.